The van der Waals surface area contributed by atoms with Crippen molar-refractivity contribution in [1.29, 1.82) is 0 Å². The molecule has 2 amide bonds. The van der Waals surface area contributed by atoms with Crippen LogP contribution in [0.15, 0.2) is 12.7 Å². The lowest BCUT2D eigenvalue weighted by atomic mass is 9.87. The van der Waals surface area contributed by atoms with Crippen molar-refractivity contribution < 1.29 is 48.7 Å². The number of hydrogen-bond donors (Lipinski definition) is 7. The van der Waals surface area contributed by atoms with Crippen molar-refractivity contribution in [2.75, 3.05) is 6.61 Å². The van der Waals surface area contributed by atoms with Crippen LogP contribution in [0.4, 0.5) is 9.59 Å². The van der Waals surface area contributed by atoms with Crippen LogP contribution in [0.5, 0.6) is 0 Å². The number of aliphatic hydroxyl groups is 1. The number of carboxylic acids is 2. The van der Waals surface area contributed by atoms with Crippen LogP contribution in [0.1, 0.15) is 187 Å². The van der Waals surface area contributed by atoms with E-state index in [0.29, 0.717) is 31.5 Å². The third kappa shape index (κ3) is 26.3. The zero-order chi connectivity index (χ0) is 44.8. The number of carbonyl (C=O) groups excluding carboxylic acids is 2. The number of amides is 2. The van der Waals surface area contributed by atoms with Gasteiger partial charge in [0.05, 0.1) is 18.8 Å². The Morgan fingerprint density at radius 1 is 0.607 bits per heavy atom. The van der Waals surface area contributed by atoms with Crippen LogP contribution >= 0.6 is 0 Å². The van der Waals surface area contributed by atoms with Crippen molar-refractivity contribution in [2.45, 2.75) is 247 Å². The van der Waals surface area contributed by atoms with Crippen LogP contribution in [0.2, 0.25) is 0 Å². The second-order valence-corrected chi connectivity index (χ2v) is 19.4. The van der Waals surface area contributed by atoms with Crippen molar-refractivity contribution in [2.24, 2.45) is 10.8 Å². The van der Waals surface area contributed by atoms with Crippen molar-refractivity contribution in [3.8, 4) is 0 Å². The van der Waals surface area contributed by atoms with E-state index in [0.717, 1.165) is 37.8 Å². The number of carboxylic acid groups (broad SMARTS) is 2. The van der Waals surface area contributed by atoms with Crippen LogP contribution in [0.25, 0.3) is 0 Å². The first-order valence-electron chi connectivity index (χ1n) is 22.4. The first kappa shape index (κ1) is 60.1. The van der Waals surface area contributed by atoms with Gasteiger partial charge in [-0.1, -0.05) is 129 Å². The average molecular weight is 873 g/mol. The molecule has 0 aromatic rings. The minimum atomic E-state index is -1.11. The van der Waals surface area contributed by atoms with E-state index in [1.54, 1.807) is 47.6 Å². The summed E-state index contributed by atoms with van der Waals surface area (Å²) in [6.07, 6.45) is 17.6. The van der Waals surface area contributed by atoms with Crippen molar-refractivity contribution in [3.63, 3.8) is 0 Å². The molecule has 4 fully saturated rings. The summed E-state index contributed by atoms with van der Waals surface area (Å²) < 4.78 is 15.9. The fourth-order valence-electron chi connectivity index (χ4n) is 7.87. The lowest BCUT2D eigenvalue weighted by Crippen LogP contribution is -2.50. The maximum absolute atomic E-state index is 11.9. The van der Waals surface area contributed by atoms with E-state index in [9.17, 15) is 29.4 Å². The maximum Gasteiger partial charge on any atom is 0.408 e. The summed E-state index contributed by atoms with van der Waals surface area (Å²) in [4.78, 5) is 45.8. The minimum Gasteiger partial charge on any atom is -0.480 e. The SMILES string of the molecule is C.C.C1CCC(NC2CCCCC2)CC1.C=CCO[C@@H]1CCC[C@H]1OC(=O)N[C@H](C(=O)O)C(C)(C)C.CC(C)(C)[C@H](NC(=O)O[C@@H]1CCC[C@H]1O)C(=O)O.CC(C)NC(C)C. The Labute approximate surface area is 370 Å². The Morgan fingerprint density at radius 2 is 0.984 bits per heavy atom. The van der Waals surface area contributed by atoms with Gasteiger partial charge < -0.3 is 50.8 Å². The molecule has 0 aliphatic heterocycles. The van der Waals surface area contributed by atoms with Crippen LogP contribution in [0, 0.1) is 10.8 Å². The molecule has 0 heterocycles. The van der Waals surface area contributed by atoms with E-state index in [-0.39, 0.29) is 27.1 Å². The van der Waals surface area contributed by atoms with Crippen molar-refractivity contribution in [3.05, 3.63) is 12.7 Å². The Bertz CT molecular complexity index is 1200. The Hall–Kier alpha value is -2.94. The highest BCUT2D eigenvalue weighted by molar-refractivity contribution is 5.81. The molecule has 4 aliphatic rings. The van der Waals surface area contributed by atoms with Crippen LogP contribution in [-0.4, -0.2) is 107 Å². The summed E-state index contributed by atoms with van der Waals surface area (Å²) >= 11 is 0. The summed E-state index contributed by atoms with van der Waals surface area (Å²) in [7, 11) is 0. The molecule has 0 unspecified atom stereocenters. The van der Waals surface area contributed by atoms with Gasteiger partial charge in [0.15, 0.2) is 0 Å². The van der Waals surface area contributed by atoms with Gasteiger partial charge in [0.25, 0.3) is 0 Å². The van der Waals surface area contributed by atoms with Gasteiger partial charge in [-0.25, -0.2) is 19.2 Å². The summed E-state index contributed by atoms with van der Waals surface area (Å²) in [6, 6.07) is 0.969. The van der Waals surface area contributed by atoms with Gasteiger partial charge in [-0.3, -0.25) is 0 Å². The predicted molar refractivity (Wildman–Crippen MR) is 246 cm³/mol. The van der Waals surface area contributed by atoms with E-state index >= 15 is 0 Å². The normalized spacial score (nSPS) is 22.8. The van der Waals surface area contributed by atoms with Gasteiger partial charge in [0.1, 0.15) is 24.3 Å². The highest BCUT2D eigenvalue weighted by Crippen LogP contribution is 2.27. The molecule has 360 valence electrons. The van der Waals surface area contributed by atoms with Gasteiger partial charge >= 0.3 is 24.1 Å². The van der Waals surface area contributed by atoms with Crippen LogP contribution in [-0.2, 0) is 23.8 Å². The van der Waals surface area contributed by atoms with E-state index in [1.807, 2.05) is 0 Å². The smallest absolute Gasteiger partial charge is 0.408 e. The molecule has 0 bridgehead atoms. The Balaban J connectivity index is 0. The number of rotatable bonds is 13. The zero-order valence-corrected chi connectivity index (χ0v) is 38.3. The molecule has 4 saturated carbocycles. The second-order valence-electron chi connectivity index (χ2n) is 19.4. The standard InChI is InChI=1S/C15H25NO5.C12H21NO5.C12H23N.C6H15N.2CH4/c1-5-9-20-10-7-6-8-11(10)21-14(19)16-12(13(17)18)15(2,3)4;1-12(2,3)9(10(15)16)13-11(17)18-8-6-4-5-7(8)14;1-3-7-11(8-4-1)13-12-9-5-2-6-10-12;1-5(2)7-6(3)4;;/h5,10-12H,1,6-9H2,2-4H3,(H,16,19)(H,17,18);7-9,14H,4-6H2,1-3H3,(H,13,17)(H,15,16);11-13H,1-10H2;5-7H,1-4H3;2*1H4/t10-,11-,12-;7-,8-,9-;;;;/m11..../s1. The summed E-state index contributed by atoms with van der Waals surface area (Å²) in [5, 5.41) is 39.7. The van der Waals surface area contributed by atoms with Gasteiger partial charge in [-0.05, 0) is 75.0 Å². The summed E-state index contributed by atoms with van der Waals surface area (Å²) in [5.74, 6) is -2.18. The molecular formula is C47H92N4O10. The zero-order valence-electron chi connectivity index (χ0n) is 38.3. The van der Waals surface area contributed by atoms with Crippen LogP contribution in [0.3, 0.4) is 0 Å². The first-order valence-corrected chi connectivity index (χ1v) is 22.4. The molecule has 7 N–H and O–H groups in total. The second kappa shape index (κ2) is 31.0. The number of hydrogen-bond acceptors (Lipinski definition) is 10. The molecule has 4 rings (SSSR count). The fourth-order valence-corrected chi connectivity index (χ4v) is 7.87. The highest BCUT2D eigenvalue weighted by atomic mass is 16.6. The molecule has 4 aliphatic carbocycles. The molecule has 14 heteroatoms. The number of aliphatic hydroxyl groups excluding tert-OH is 1. The largest absolute Gasteiger partial charge is 0.480 e. The van der Waals surface area contributed by atoms with Gasteiger partial charge in [-0.2, -0.15) is 0 Å². The number of carbonyl (C=O) groups is 4. The minimum absolute atomic E-state index is 0. The third-order valence-electron chi connectivity index (χ3n) is 10.9. The first-order chi connectivity index (χ1) is 27.5. The number of alkyl carbamates (subject to hydrolysis) is 2. The number of nitrogens with one attached hydrogen (secondary N) is 4. The molecule has 14 nitrogen and oxygen atoms in total. The molecule has 0 aromatic carbocycles. The Morgan fingerprint density at radius 3 is 1.31 bits per heavy atom. The summed E-state index contributed by atoms with van der Waals surface area (Å²) in [6.45, 7) is 23.0. The molecule has 0 saturated heterocycles. The average Bonchev–Trinajstić information content (AvgIpc) is 3.75. The molecule has 0 radical (unpaired) electrons. The third-order valence-corrected chi connectivity index (χ3v) is 10.9. The fraction of sp³-hybridized carbons (Fsp3) is 0.872. The number of ether oxygens (including phenoxy) is 3. The molecule has 61 heavy (non-hydrogen) atoms. The topological polar surface area (TPSA) is 205 Å². The van der Waals surface area contributed by atoms with Crippen molar-refractivity contribution >= 4 is 24.1 Å². The highest BCUT2D eigenvalue weighted by Gasteiger charge is 2.37. The lowest BCUT2D eigenvalue weighted by Gasteiger charge is -2.30. The lowest BCUT2D eigenvalue weighted by molar-refractivity contribution is -0.143. The number of aliphatic carboxylic acids is 2. The van der Waals surface area contributed by atoms with Gasteiger partial charge in [0.2, 0.25) is 0 Å². The molecule has 0 aromatic heterocycles. The quantitative estimate of drug-likeness (QED) is 0.0865. The maximum atomic E-state index is 11.9. The van der Waals surface area contributed by atoms with E-state index in [4.69, 9.17) is 19.3 Å². The van der Waals surface area contributed by atoms with E-state index in [1.165, 1.54) is 64.2 Å². The molecule has 6 atom stereocenters. The monoisotopic (exact) mass is 873 g/mol. The predicted octanol–water partition coefficient (Wildman–Crippen LogP) is 9.37. The van der Waals surface area contributed by atoms with Crippen LogP contribution < -0.4 is 21.3 Å². The molecular weight excluding hydrogens is 781 g/mol. The van der Waals surface area contributed by atoms with E-state index < -0.39 is 59.2 Å². The molecule has 0 spiro atoms. The van der Waals surface area contributed by atoms with Crippen molar-refractivity contribution in [1.82, 2.24) is 21.3 Å². The van der Waals surface area contributed by atoms with Gasteiger partial charge in [-0.15, -0.1) is 6.58 Å². The van der Waals surface area contributed by atoms with E-state index in [2.05, 4.69) is 55.5 Å². The summed E-state index contributed by atoms with van der Waals surface area (Å²) in [5.41, 5.74) is -1.21. The van der Waals surface area contributed by atoms with Gasteiger partial charge in [0, 0.05) is 24.2 Å². The Kier molecular flexibility index (Phi) is 30.6.